The zero-order valence-electron chi connectivity index (χ0n) is 10.2. The fourth-order valence-corrected chi connectivity index (χ4v) is 2.45. The first kappa shape index (κ1) is 13.1. The molecule has 0 aliphatic carbocycles. The van der Waals surface area contributed by atoms with E-state index in [0.717, 1.165) is 18.6 Å². The number of ether oxygens (including phenoxy) is 1. The Balaban J connectivity index is 1.74. The maximum absolute atomic E-state index is 5.66. The number of hydrogen-bond acceptors (Lipinski definition) is 4. The summed E-state index contributed by atoms with van der Waals surface area (Å²) in [5.41, 5.74) is 4.17. The van der Waals surface area contributed by atoms with Crippen LogP contribution in [0.3, 0.4) is 0 Å². The third-order valence-electron chi connectivity index (χ3n) is 2.78. The third-order valence-corrected chi connectivity index (χ3v) is 3.51. The van der Waals surface area contributed by atoms with Gasteiger partial charge in [-0.25, -0.2) is 0 Å². The molecule has 0 amide bonds. The molecule has 2 aromatic rings. The van der Waals surface area contributed by atoms with Crippen LogP contribution in [0.25, 0.3) is 0 Å². The van der Waals surface area contributed by atoms with Gasteiger partial charge in [-0.3, -0.25) is 11.3 Å². The smallest absolute Gasteiger partial charge is 0.119 e. The number of nitrogens with two attached hydrogens (primary N) is 1. The lowest BCUT2D eigenvalue weighted by Crippen LogP contribution is -2.37. The van der Waals surface area contributed by atoms with Crippen molar-refractivity contribution >= 4 is 11.3 Å². The van der Waals surface area contributed by atoms with Gasteiger partial charge in [0.15, 0.2) is 0 Å². The van der Waals surface area contributed by atoms with Gasteiger partial charge in [-0.2, -0.15) is 11.3 Å². The molecule has 3 N–H and O–H groups in total. The van der Waals surface area contributed by atoms with Crippen LogP contribution in [-0.4, -0.2) is 12.6 Å². The molecule has 1 unspecified atom stereocenters. The van der Waals surface area contributed by atoms with Crippen molar-refractivity contribution < 1.29 is 4.74 Å². The van der Waals surface area contributed by atoms with Crippen molar-refractivity contribution in [2.45, 2.75) is 18.9 Å². The van der Waals surface area contributed by atoms with Gasteiger partial charge in [0, 0.05) is 6.04 Å². The van der Waals surface area contributed by atoms with Crippen LogP contribution in [0, 0.1) is 0 Å². The van der Waals surface area contributed by atoms with E-state index in [1.165, 1.54) is 5.56 Å². The molecule has 0 spiro atoms. The van der Waals surface area contributed by atoms with Gasteiger partial charge in [0.1, 0.15) is 5.75 Å². The molecule has 18 heavy (non-hydrogen) atoms. The third kappa shape index (κ3) is 4.14. The average molecular weight is 262 g/mol. The predicted molar refractivity (Wildman–Crippen MR) is 75.7 cm³/mol. The highest BCUT2D eigenvalue weighted by Gasteiger charge is 2.08. The molecule has 2 rings (SSSR count). The van der Waals surface area contributed by atoms with Crippen molar-refractivity contribution in [2.75, 3.05) is 6.61 Å². The SMILES string of the molecule is NNC(CCOc1ccccc1)Cc1ccsc1. The van der Waals surface area contributed by atoms with Crippen molar-refractivity contribution in [3.63, 3.8) is 0 Å². The van der Waals surface area contributed by atoms with Gasteiger partial charge in [-0.15, -0.1) is 0 Å². The minimum atomic E-state index is 0.253. The van der Waals surface area contributed by atoms with Crippen LogP contribution < -0.4 is 16.0 Å². The standard InChI is InChI=1S/C14H18N2OS/c15-16-13(10-12-7-9-18-11-12)6-8-17-14-4-2-1-3-5-14/h1-5,7,9,11,13,16H,6,8,10,15H2. The summed E-state index contributed by atoms with van der Waals surface area (Å²) in [6.07, 6.45) is 1.83. The summed E-state index contributed by atoms with van der Waals surface area (Å²) in [5.74, 6) is 6.47. The molecule has 0 saturated carbocycles. The summed E-state index contributed by atoms with van der Waals surface area (Å²) in [7, 11) is 0. The largest absolute Gasteiger partial charge is 0.494 e. The van der Waals surface area contributed by atoms with Gasteiger partial charge in [0.05, 0.1) is 6.61 Å². The molecule has 0 radical (unpaired) electrons. The Labute approximate surface area is 112 Å². The summed E-state index contributed by atoms with van der Waals surface area (Å²) >= 11 is 1.71. The van der Waals surface area contributed by atoms with Crippen LogP contribution in [0.1, 0.15) is 12.0 Å². The van der Waals surface area contributed by atoms with Gasteiger partial charge in [0.25, 0.3) is 0 Å². The van der Waals surface area contributed by atoms with E-state index in [1.807, 2.05) is 30.3 Å². The van der Waals surface area contributed by atoms with Crippen LogP contribution in [-0.2, 0) is 6.42 Å². The van der Waals surface area contributed by atoms with Gasteiger partial charge in [-0.1, -0.05) is 18.2 Å². The van der Waals surface area contributed by atoms with Gasteiger partial charge >= 0.3 is 0 Å². The van der Waals surface area contributed by atoms with Crippen LogP contribution in [0.15, 0.2) is 47.2 Å². The minimum absolute atomic E-state index is 0.253. The second kappa shape index (κ2) is 7.16. The quantitative estimate of drug-likeness (QED) is 0.595. The first-order valence-corrected chi connectivity index (χ1v) is 6.98. The molecule has 4 heteroatoms. The Hall–Kier alpha value is -1.36. The molecular weight excluding hydrogens is 244 g/mol. The van der Waals surface area contributed by atoms with Crippen molar-refractivity contribution in [2.24, 2.45) is 5.84 Å². The highest BCUT2D eigenvalue weighted by molar-refractivity contribution is 7.07. The van der Waals surface area contributed by atoms with Gasteiger partial charge < -0.3 is 4.74 Å². The molecule has 0 fully saturated rings. The number of rotatable bonds is 7. The predicted octanol–water partition coefficient (Wildman–Crippen LogP) is 2.59. The lowest BCUT2D eigenvalue weighted by atomic mass is 10.1. The number of hydrogen-bond donors (Lipinski definition) is 2. The number of thiophene rings is 1. The van der Waals surface area contributed by atoms with Crippen molar-refractivity contribution in [1.29, 1.82) is 0 Å². The van der Waals surface area contributed by atoms with Crippen LogP contribution in [0.4, 0.5) is 0 Å². The normalized spacial score (nSPS) is 12.3. The zero-order valence-corrected chi connectivity index (χ0v) is 11.0. The van der Waals surface area contributed by atoms with Crippen molar-refractivity contribution in [3.8, 4) is 5.75 Å². The average Bonchev–Trinajstić information content (AvgIpc) is 2.92. The van der Waals surface area contributed by atoms with Crippen LogP contribution in [0.5, 0.6) is 5.75 Å². The van der Waals surface area contributed by atoms with Crippen molar-refractivity contribution in [1.82, 2.24) is 5.43 Å². The van der Waals surface area contributed by atoms with E-state index in [-0.39, 0.29) is 6.04 Å². The van der Waals surface area contributed by atoms with Crippen LogP contribution >= 0.6 is 11.3 Å². The summed E-state index contributed by atoms with van der Waals surface area (Å²) in [4.78, 5) is 0. The number of nitrogens with one attached hydrogen (secondary N) is 1. The summed E-state index contributed by atoms with van der Waals surface area (Å²) in [6, 6.07) is 12.2. The first-order valence-electron chi connectivity index (χ1n) is 6.03. The highest BCUT2D eigenvalue weighted by atomic mass is 32.1. The van der Waals surface area contributed by atoms with E-state index in [2.05, 4.69) is 22.3 Å². The Morgan fingerprint density at radius 1 is 1.22 bits per heavy atom. The van der Waals surface area contributed by atoms with Gasteiger partial charge in [0.2, 0.25) is 0 Å². The Morgan fingerprint density at radius 2 is 2.06 bits per heavy atom. The Kier molecular flexibility index (Phi) is 5.20. The van der Waals surface area contributed by atoms with E-state index >= 15 is 0 Å². The molecule has 0 aliphatic rings. The summed E-state index contributed by atoms with van der Waals surface area (Å²) in [6.45, 7) is 0.670. The molecule has 96 valence electrons. The van der Waals surface area contributed by atoms with E-state index in [0.29, 0.717) is 6.61 Å². The van der Waals surface area contributed by atoms with E-state index < -0.39 is 0 Å². The second-order valence-electron chi connectivity index (χ2n) is 4.15. The second-order valence-corrected chi connectivity index (χ2v) is 4.93. The lowest BCUT2D eigenvalue weighted by molar-refractivity contribution is 0.285. The summed E-state index contributed by atoms with van der Waals surface area (Å²) in [5, 5.41) is 4.24. The Morgan fingerprint density at radius 3 is 2.72 bits per heavy atom. The number of para-hydroxylation sites is 1. The zero-order chi connectivity index (χ0) is 12.6. The maximum atomic E-state index is 5.66. The Bertz CT molecular complexity index is 430. The van der Waals surface area contributed by atoms with Crippen LogP contribution in [0.2, 0.25) is 0 Å². The fourth-order valence-electron chi connectivity index (χ4n) is 1.77. The molecule has 0 saturated heterocycles. The maximum Gasteiger partial charge on any atom is 0.119 e. The molecule has 1 atom stereocenters. The van der Waals surface area contributed by atoms with Crippen molar-refractivity contribution in [3.05, 3.63) is 52.7 Å². The molecule has 3 nitrogen and oxygen atoms in total. The summed E-state index contributed by atoms with van der Waals surface area (Å²) < 4.78 is 5.66. The lowest BCUT2D eigenvalue weighted by Gasteiger charge is -2.15. The number of hydrazine groups is 1. The minimum Gasteiger partial charge on any atom is -0.494 e. The molecule has 1 heterocycles. The monoisotopic (exact) mass is 262 g/mol. The molecule has 1 aromatic carbocycles. The molecule has 0 aliphatic heterocycles. The van der Waals surface area contributed by atoms with E-state index in [4.69, 9.17) is 10.6 Å². The number of benzene rings is 1. The first-order chi connectivity index (χ1) is 8.88. The van der Waals surface area contributed by atoms with Gasteiger partial charge in [-0.05, 0) is 47.4 Å². The molecular formula is C14H18N2OS. The fraction of sp³-hybridized carbons (Fsp3) is 0.286. The topological polar surface area (TPSA) is 47.3 Å². The molecule has 1 aromatic heterocycles. The molecule has 0 bridgehead atoms. The van der Waals surface area contributed by atoms with E-state index in [9.17, 15) is 0 Å². The highest BCUT2D eigenvalue weighted by Crippen LogP contribution is 2.12. The van der Waals surface area contributed by atoms with E-state index in [1.54, 1.807) is 11.3 Å².